The van der Waals surface area contributed by atoms with E-state index in [-0.39, 0.29) is 25.0 Å². The van der Waals surface area contributed by atoms with Crippen molar-refractivity contribution in [1.82, 2.24) is 0 Å². The maximum Gasteiger partial charge on any atom is 0.257 e. The van der Waals surface area contributed by atoms with Gasteiger partial charge in [-0.2, -0.15) is 0 Å². The molecule has 2 amide bonds. The highest BCUT2D eigenvalue weighted by Crippen LogP contribution is 2.34. The number of carbonyl (C=O) groups excluding carboxylic acids is 2. The third-order valence-electron chi connectivity index (χ3n) is 4.69. The van der Waals surface area contributed by atoms with Gasteiger partial charge in [-0.3, -0.25) is 9.59 Å². The fraction of sp³-hybridized carbons (Fsp3) is 0.130. The van der Waals surface area contributed by atoms with Crippen LogP contribution in [0.4, 0.5) is 11.4 Å². The monoisotopic (exact) mass is 388 g/mol. The lowest BCUT2D eigenvalue weighted by Gasteiger charge is -2.12. The maximum absolute atomic E-state index is 12.8. The molecule has 0 saturated heterocycles. The zero-order valence-electron chi connectivity index (χ0n) is 15.9. The van der Waals surface area contributed by atoms with E-state index in [1.807, 2.05) is 31.2 Å². The van der Waals surface area contributed by atoms with Gasteiger partial charge in [-0.05, 0) is 42.3 Å². The molecule has 6 heteroatoms. The van der Waals surface area contributed by atoms with Gasteiger partial charge in [-0.15, -0.1) is 0 Å². The van der Waals surface area contributed by atoms with E-state index in [9.17, 15) is 9.59 Å². The van der Waals surface area contributed by atoms with Crippen LogP contribution in [0, 0.1) is 6.92 Å². The van der Waals surface area contributed by atoms with Crippen molar-refractivity contribution in [2.24, 2.45) is 0 Å². The van der Waals surface area contributed by atoms with Crippen LogP contribution in [0.15, 0.2) is 66.7 Å². The summed E-state index contributed by atoms with van der Waals surface area (Å²) in [6, 6.07) is 19.8. The largest absolute Gasteiger partial charge is 0.454 e. The quantitative estimate of drug-likeness (QED) is 0.688. The normalized spacial score (nSPS) is 11.8. The van der Waals surface area contributed by atoms with Crippen LogP contribution in [0.3, 0.4) is 0 Å². The second-order valence-corrected chi connectivity index (χ2v) is 6.72. The fourth-order valence-electron chi connectivity index (χ4n) is 3.14. The predicted molar refractivity (Wildman–Crippen MR) is 110 cm³/mol. The molecule has 0 bridgehead atoms. The Morgan fingerprint density at radius 1 is 0.897 bits per heavy atom. The summed E-state index contributed by atoms with van der Waals surface area (Å²) < 4.78 is 10.6. The number of nitrogens with one attached hydrogen (secondary N) is 2. The third-order valence-corrected chi connectivity index (χ3v) is 4.69. The van der Waals surface area contributed by atoms with E-state index in [1.54, 1.807) is 42.5 Å². The lowest BCUT2D eigenvalue weighted by Crippen LogP contribution is -2.19. The van der Waals surface area contributed by atoms with Gasteiger partial charge in [0.2, 0.25) is 12.7 Å². The molecule has 1 aliphatic heterocycles. The van der Waals surface area contributed by atoms with Crippen LogP contribution in [0.2, 0.25) is 0 Å². The van der Waals surface area contributed by atoms with Gasteiger partial charge in [0.25, 0.3) is 5.91 Å². The first-order chi connectivity index (χ1) is 14.1. The molecule has 0 aliphatic carbocycles. The Hall–Kier alpha value is -3.80. The minimum Gasteiger partial charge on any atom is -0.454 e. The molecule has 3 aromatic rings. The van der Waals surface area contributed by atoms with Crippen LogP contribution in [0.25, 0.3) is 0 Å². The number of hydrogen-bond donors (Lipinski definition) is 2. The van der Waals surface area contributed by atoms with Crippen LogP contribution in [0.1, 0.15) is 21.5 Å². The number of carbonyl (C=O) groups is 2. The molecular formula is C23H20N2O4. The Balaban J connectivity index is 1.48. The Morgan fingerprint density at radius 3 is 2.52 bits per heavy atom. The summed E-state index contributed by atoms with van der Waals surface area (Å²) in [5, 5.41) is 5.68. The highest BCUT2D eigenvalue weighted by Gasteiger charge is 2.17. The van der Waals surface area contributed by atoms with Gasteiger partial charge in [0, 0.05) is 11.8 Å². The highest BCUT2D eigenvalue weighted by molar-refractivity contribution is 6.10. The first-order valence-electron chi connectivity index (χ1n) is 9.24. The third kappa shape index (κ3) is 4.21. The van der Waals surface area contributed by atoms with E-state index >= 15 is 0 Å². The number of rotatable bonds is 5. The Bertz CT molecular complexity index is 1080. The lowest BCUT2D eigenvalue weighted by atomic mass is 10.1. The summed E-state index contributed by atoms with van der Waals surface area (Å²) in [7, 11) is 0. The molecule has 3 aromatic carbocycles. The zero-order valence-corrected chi connectivity index (χ0v) is 15.9. The van der Waals surface area contributed by atoms with Crippen molar-refractivity contribution < 1.29 is 19.1 Å². The zero-order chi connectivity index (χ0) is 20.2. The molecule has 0 aromatic heterocycles. The molecule has 0 fully saturated rings. The van der Waals surface area contributed by atoms with E-state index in [2.05, 4.69) is 10.6 Å². The van der Waals surface area contributed by atoms with Crippen LogP contribution < -0.4 is 20.1 Å². The number of fused-ring (bicyclic) bond motifs is 1. The Kier molecular flexibility index (Phi) is 5.16. The van der Waals surface area contributed by atoms with Gasteiger partial charge in [-0.1, -0.05) is 36.4 Å². The van der Waals surface area contributed by atoms with E-state index < -0.39 is 0 Å². The molecule has 0 spiro atoms. The van der Waals surface area contributed by atoms with E-state index in [1.165, 1.54) is 0 Å². The molecule has 29 heavy (non-hydrogen) atoms. The SMILES string of the molecule is Cc1ccccc1CC(=O)Nc1ccccc1C(=O)Nc1ccc2c(c1)OCO2. The number of benzene rings is 3. The van der Waals surface area contributed by atoms with Gasteiger partial charge >= 0.3 is 0 Å². The molecule has 0 atom stereocenters. The van der Waals surface area contributed by atoms with E-state index in [4.69, 9.17) is 9.47 Å². The topological polar surface area (TPSA) is 76.7 Å². The van der Waals surface area contributed by atoms with Crippen molar-refractivity contribution in [2.45, 2.75) is 13.3 Å². The predicted octanol–water partition coefficient (Wildman–Crippen LogP) is 4.16. The average Bonchev–Trinajstić information content (AvgIpc) is 3.18. The molecule has 0 unspecified atom stereocenters. The standard InChI is InChI=1S/C23H20N2O4/c1-15-6-2-3-7-16(15)12-22(26)25-19-9-5-4-8-18(19)23(27)24-17-10-11-20-21(13-17)29-14-28-20/h2-11,13H,12,14H2,1H3,(H,24,27)(H,25,26). The summed E-state index contributed by atoms with van der Waals surface area (Å²) in [6.07, 6.45) is 0.241. The Morgan fingerprint density at radius 2 is 1.66 bits per heavy atom. The highest BCUT2D eigenvalue weighted by atomic mass is 16.7. The average molecular weight is 388 g/mol. The van der Waals surface area contributed by atoms with Gasteiger partial charge in [0.1, 0.15) is 0 Å². The molecule has 1 heterocycles. The first-order valence-corrected chi connectivity index (χ1v) is 9.24. The van der Waals surface area contributed by atoms with Crippen LogP contribution in [-0.4, -0.2) is 18.6 Å². The number of anilines is 2. The smallest absolute Gasteiger partial charge is 0.257 e. The van der Waals surface area contributed by atoms with Crippen molar-refractivity contribution >= 4 is 23.2 Å². The van der Waals surface area contributed by atoms with Crippen molar-refractivity contribution in [3.05, 3.63) is 83.4 Å². The Labute approximate surface area is 168 Å². The van der Waals surface area contributed by atoms with Gasteiger partial charge in [0.05, 0.1) is 17.7 Å². The number of hydrogen-bond acceptors (Lipinski definition) is 4. The molecule has 1 aliphatic rings. The maximum atomic E-state index is 12.8. The summed E-state index contributed by atoms with van der Waals surface area (Å²) in [4.78, 5) is 25.3. The second-order valence-electron chi connectivity index (χ2n) is 6.72. The summed E-state index contributed by atoms with van der Waals surface area (Å²) in [6.45, 7) is 2.14. The number of aryl methyl sites for hydroxylation is 1. The van der Waals surface area contributed by atoms with E-state index in [0.717, 1.165) is 11.1 Å². The minimum atomic E-state index is -0.323. The van der Waals surface area contributed by atoms with Crippen LogP contribution in [0.5, 0.6) is 11.5 Å². The van der Waals surface area contributed by atoms with Gasteiger partial charge in [-0.25, -0.2) is 0 Å². The second kappa shape index (κ2) is 8.06. The van der Waals surface area contributed by atoms with Gasteiger partial charge < -0.3 is 20.1 Å². The molecule has 4 rings (SSSR count). The number of ether oxygens (including phenoxy) is 2. The van der Waals surface area contributed by atoms with Crippen molar-refractivity contribution in [3.63, 3.8) is 0 Å². The molecule has 6 nitrogen and oxygen atoms in total. The molecule has 0 radical (unpaired) electrons. The van der Waals surface area contributed by atoms with Crippen molar-refractivity contribution in [3.8, 4) is 11.5 Å². The molecule has 0 saturated carbocycles. The summed E-state index contributed by atoms with van der Waals surface area (Å²) in [5.74, 6) is 0.729. The summed E-state index contributed by atoms with van der Waals surface area (Å²) in [5.41, 5.74) is 3.43. The lowest BCUT2D eigenvalue weighted by molar-refractivity contribution is -0.115. The summed E-state index contributed by atoms with van der Waals surface area (Å²) >= 11 is 0. The number of para-hydroxylation sites is 1. The van der Waals surface area contributed by atoms with Crippen molar-refractivity contribution in [2.75, 3.05) is 17.4 Å². The molecule has 146 valence electrons. The van der Waals surface area contributed by atoms with E-state index in [0.29, 0.717) is 28.4 Å². The van der Waals surface area contributed by atoms with Crippen molar-refractivity contribution in [1.29, 1.82) is 0 Å². The molecular weight excluding hydrogens is 368 g/mol. The minimum absolute atomic E-state index is 0.169. The van der Waals surface area contributed by atoms with Crippen LogP contribution >= 0.6 is 0 Å². The first kappa shape index (κ1) is 18.6. The molecule has 2 N–H and O–H groups in total. The fourth-order valence-corrected chi connectivity index (χ4v) is 3.14. The van der Waals surface area contributed by atoms with Crippen LogP contribution in [-0.2, 0) is 11.2 Å². The van der Waals surface area contributed by atoms with Gasteiger partial charge in [0.15, 0.2) is 11.5 Å². The number of amides is 2.